The summed E-state index contributed by atoms with van der Waals surface area (Å²) < 4.78 is 18.2. The van der Waals surface area contributed by atoms with Crippen LogP contribution in [-0.2, 0) is 5.41 Å². The van der Waals surface area contributed by atoms with Crippen molar-refractivity contribution in [1.82, 2.24) is 0 Å². The van der Waals surface area contributed by atoms with E-state index in [1.165, 1.54) is 56.7 Å². The fraction of sp³-hybridized carbons (Fsp3) is 0.0137. The van der Waals surface area contributed by atoms with Gasteiger partial charge in [0.25, 0.3) is 0 Å². The summed E-state index contributed by atoms with van der Waals surface area (Å²) in [5.74, 6) is 1.70. The van der Waals surface area contributed by atoms with Gasteiger partial charge in [-0.2, -0.15) is 0 Å². The molecule has 6 heteroatoms. The van der Waals surface area contributed by atoms with E-state index in [1.54, 1.807) is 0 Å². The Bertz CT molecular complexity index is 4730. The Morgan fingerprint density at radius 3 is 1.81 bits per heavy atom. The van der Waals surface area contributed by atoms with Crippen molar-refractivity contribution in [2.24, 2.45) is 0 Å². The summed E-state index contributed by atoms with van der Waals surface area (Å²) in [5, 5.41) is 4.65. The summed E-state index contributed by atoms with van der Waals surface area (Å²) in [6.45, 7) is 0. The van der Waals surface area contributed by atoms with Crippen LogP contribution in [0.2, 0.25) is 0 Å². The molecule has 79 heavy (non-hydrogen) atoms. The van der Waals surface area contributed by atoms with Gasteiger partial charge in [0.1, 0.15) is 0 Å². The van der Waals surface area contributed by atoms with Gasteiger partial charge in [-0.05, 0) is 17.7 Å². The Balaban J connectivity index is 0.960. The van der Waals surface area contributed by atoms with Crippen LogP contribution in [0.25, 0.3) is 75.5 Å². The van der Waals surface area contributed by atoms with E-state index in [9.17, 15) is 0 Å². The molecule has 1 spiro atoms. The molecule has 3 heterocycles. The number of hydrogen-bond donors (Lipinski definition) is 0. The van der Waals surface area contributed by atoms with Crippen molar-refractivity contribution < 1.29 is 9.15 Å². The van der Waals surface area contributed by atoms with Crippen LogP contribution in [0.1, 0.15) is 22.3 Å². The van der Waals surface area contributed by atoms with Gasteiger partial charge in [-0.25, -0.2) is 0 Å². The number of thiophene rings is 1. The van der Waals surface area contributed by atoms with E-state index in [4.69, 9.17) is 9.15 Å². The third kappa shape index (κ3) is 7.09. The van der Waals surface area contributed by atoms with Gasteiger partial charge in [0.2, 0.25) is 0 Å². The molecule has 14 aromatic rings. The van der Waals surface area contributed by atoms with Crippen LogP contribution < -0.4 is 17.7 Å². The third-order valence-corrected chi connectivity index (χ3v) is 18.7. The Morgan fingerprint density at radius 1 is 0.367 bits per heavy atom. The van der Waals surface area contributed by atoms with Crippen molar-refractivity contribution >= 4 is 116 Å². The second-order valence-corrected chi connectivity index (χ2v) is 24.2. The van der Waals surface area contributed by atoms with Crippen LogP contribution in [0.15, 0.2) is 277 Å². The quantitative estimate of drug-likeness (QED) is 0.142. The standard InChI is InChI=1S/C73H45N2O2S.Tl/c1-5-22-47(23-6-1)49-44-63(70-54-31-14-18-37-64(54)76-66(70)45-49)75(51-28-11-4-12-29-51)62-36-21-35-60-72(62)77-65-38-19-17-34-59(65)73(60)57-33-16-13-30-53(57)56-46-52(40-41-58(56)73)74(50-26-9-3-10-27-50)61-42-43-68-71(55-32-15-20-39-67(55)78-68)69(61)48-24-7-2-8-25-48;/h1-18,20-46H;. The van der Waals surface area contributed by atoms with Crippen LogP contribution in [0.4, 0.5) is 34.1 Å². The number of fused-ring (bicyclic) bond motifs is 15. The molecular weight excluding hydrogens is 1170 g/mol. The van der Waals surface area contributed by atoms with Crippen molar-refractivity contribution in [3.05, 3.63) is 295 Å². The molecule has 0 N–H and O–H groups in total. The second kappa shape index (κ2) is 18.3. The molecule has 0 bridgehead atoms. The predicted molar refractivity (Wildman–Crippen MR) is 330 cm³/mol. The fourth-order valence-electron chi connectivity index (χ4n) is 13.0. The molecule has 0 fully saturated rings. The van der Waals surface area contributed by atoms with Gasteiger partial charge in [0, 0.05) is 20.2 Å². The van der Waals surface area contributed by atoms with E-state index in [-0.39, 0.29) is 0 Å². The number of anilines is 6. The fourth-order valence-corrected chi connectivity index (χ4v) is 15.0. The van der Waals surface area contributed by atoms with E-state index in [2.05, 4.69) is 277 Å². The van der Waals surface area contributed by atoms with Crippen LogP contribution in [0.5, 0.6) is 11.5 Å². The number of ether oxygens (including phenoxy) is 1. The van der Waals surface area contributed by atoms with Crippen LogP contribution in [0, 0.1) is 0 Å². The molecule has 12 aromatic carbocycles. The first-order chi connectivity index (χ1) is 39.1. The first-order valence-corrected chi connectivity index (χ1v) is 29.8. The number of para-hydroxylation sites is 4. The summed E-state index contributed by atoms with van der Waals surface area (Å²) in [6.07, 6.45) is 0. The summed E-state index contributed by atoms with van der Waals surface area (Å²) >= 11 is 2.47. The summed E-state index contributed by atoms with van der Waals surface area (Å²) in [4.78, 5) is 4.88. The van der Waals surface area contributed by atoms with Crippen molar-refractivity contribution in [1.29, 1.82) is 0 Å². The average Bonchev–Trinajstić information content (AvgIpc) is 3.98. The summed E-state index contributed by atoms with van der Waals surface area (Å²) in [7, 11) is 0. The molecule has 0 radical (unpaired) electrons. The van der Waals surface area contributed by atoms with Gasteiger partial charge < -0.3 is 0 Å². The minimum atomic E-state index is -0.741. The Labute approximate surface area is 477 Å². The zero-order valence-electron chi connectivity index (χ0n) is 42.7. The maximum atomic E-state index is 7.57. The first-order valence-electron chi connectivity index (χ1n) is 26.8. The van der Waals surface area contributed by atoms with E-state index >= 15 is 0 Å². The molecule has 0 saturated carbocycles. The zero-order chi connectivity index (χ0) is 52.2. The molecular formula is C73H45N2O2STl. The first kappa shape index (κ1) is 46.1. The van der Waals surface area contributed by atoms with Gasteiger partial charge in [-0.1, -0.05) is 91.0 Å². The predicted octanol–water partition coefficient (Wildman–Crippen LogP) is 19.5. The molecule has 1 atom stereocenters. The second-order valence-electron chi connectivity index (χ2n) is 20.5. The molecule has 1 aliphatic heterocycles. The van der Waals surface area contributed by atoms with Crippen molar-refractivity contribution in [3.63, 3.8) is 0 Å². The van der Waals surface area contributed by atoms with Crippen LogP contribution >= 0.6 is 11.3 Å². The van der Waals surface area contributed by atoms with E-state index in [0.29, 0.717) is 25.8 Å². The molecule has 0 amide bonds. The molecule has 1 unspecified atom stereocenters. The monoisotopic (exact) mass is 1220 g/mol. The van der Waals surface area contributed by atoms with Gasteiger partial charge >= 0.3 is 341 Å². The third-order valence-electron chi connectivity index (χ3n) is 16.2. The number of benzene rings is 12. The number of nitrogens with zero attached hydrogens (tertiary/aromatic N) is 2. The van der Waals surface area contributed by atoms with Crippen molar-refractivity contribution in [2.75, 3.05) is 9.80 Å². The van der Waals surface area contributed by atoms with Crippen LogP contribution in [0.3, 0.4) is 0 Å². The van der Waals surface area contributed by atoms with Gasteiger partial charge in [-0.15, -0.1) is 11.3 Å². The summed E-state index contributed by atoms with van der Waals surface area (Å²) in [5.41, 5.74) is 18.8. The topological polar surface area (TPSA) is 28.9 Å². The molecule has 2 aromatic heterocycles. The molecule has 4 nitrogen and oxygen atoms in total. The summed E-state index contributed by atoms with van der Waals surface area (Å²) in [6, 6.07) is 99.7. The molecule has 1 aliphatic carbocycles. The normalized spacial score (nSPS) is 14.0. The van der Waals surface area contributed by atoms with E-state index in [0.717, 1.165) is 89.8 Å². The molecule has 16 rings (SSSR count). The van der Waals surface area contributed by atoms with E-state index < -0.39 is 5.41 Å². The SMILES string of the molecule is [Tl][c]1ccc2c(c1)Oc1c(N(c3ccccc3)c3cc(-c4ccccc4)cc4oc5ccccc5c34)cccc1C21c2ccccc2-c2cc(N(c3ccccc3)c3ccc4sc5ccccc5c4c3-c3ccccc3)ccc21. The van der Waals surface area contributed by atoms with Gasteiger partial charge in [-0.3, -0.25) is 0 Å². The van der Waals surface area contributed by atoms with Crippen molar-refractivity contribution in [2.45, 2.75) is 5.41 Å². The average molecular weight is 1220 g/mol. The Morgan fingerprint density at radius 2 is 1.01 bits per heavy atom. The number of hydrogen-bond acceptors (Lipinski definition) is 5. The van der Waals surface area contributed by atoms with E-state index in [1.807, 2.05) is 17.4 Å². The van der Waals surface area contributed by atoms with Crippen LogP contribution in [-0.4, -0.2) is 25.8 Å². The Hall–Kier alpha value is -9.02. The molecule has 0 saturated heterocycles. The zero-order valence-corrected chi connectivity index (χ0v) is 48.0. The van der Waals surface area contributed by atoms with Gasteiger partial charge in [0.15, 0.2) is 0 Å². The number of rotatable bonds is 8. The van der Waals surface area contributed by atoms with Gasteiger partial charge in [0.05, 0.1) is 0 Å². The molecule has 2 aliphatic rings. The molecule has 368 valence electrons. The minimum absolute atomic E-state index is 0.609. The van der Waals surface area contributed by atoms with Crippen molar-refractivity contribution in [3.8, 4) is 44.9 Å². The number of furan rings is 1. The Kier molecular flexibility index (Phi) is 10.7. The maximum absolute atomic E-state index is 7.57.